The highest BCUT2D eigenvalue weighted by Crippen LogP contribution is 2.19. The summed E-state index contributed by atoms with van der Waals surface area (Å²) in [7, 11) is 0. The number of nitrogens with one attached hydrogen (secondary N) is 1. The van der Waals surface area contributed by atoms with Crippen molar-refractivity contribution in [2.75, 3.05) is 19.3 Å². The van der Waals surface area contributed by atoms with E-state index in [0.29, 0.717) is 6.54 Å². The Kier molecular flexibility index (Phi) is 6.16. The fourth-order valence-electron chi connectivity index (χ4n) is 3.21. The third kappa shape index (κ3) is 4.86. The number of carbonyl (C=O) groups excluding carboxylic acids is 1. The minimum atomic E-state index is -0.00505. The van der Waals surface area contributed by atoms with E-state index in [1.54, 1.807) is 11.8 Å². The van der Waals surface area contributed by atoms with E-state index >= 15 is 0 Å². The Morgan fingerprint density at radius 2 is 1.76 bits per heavy atom. The summed E-state index contributed by atoms with van der Waals surface area (Å²) >= 11 is 1.65. The average Bonchev–Trinajstić information content (AvgIpc) is 3.14. The number of likely N-dealkylation sites (tertiary alicyclic amines) is 1. The molecule has 1 saturated heterocycles. The summed E-state index contributed by atoms with van der Waals surface area (Å²) in [6.45, 7) is 6.00. The third-order valence-electron chi connectivity index (χ3n) is 4.77. The van der Waals surface area contributed by atoms with Gasteiger partial charge in [0.25, 0.3) is 5.91 Å². The van der Waals surface area contributed by atoms with Gasteiger partial charge in [-0.15, -0.1) is 11.8 Å². The van der Waals surface area contributed by atoms with E-state index in [9.17, 15) is 4.79 Å². The van der Waals surface area contributed by atoms with Crippen LogP contribution in [0.15, 0.2) is 47.4 Å². The summed E-state index contributed by atoms with van der Waals surface area (Å²) in [5, 5.41) is 3.04. The first-order valence-electron chi connectivity index (χ1n) is 8.89. The van der Waals surface area contributed by atoms with Crippen LogP contribution in [0.1, 0.15) is 39.9 Å². The molecule has 1 heterocycles. The normalized spacial score (nSPS) is 14.6. The van der Waals surface area contributed by atoms with E-state index in [4.69, 9.17) is 0 Å². The molecule has 1 N–H and O–H groups in total. The largest absolute Gasteiger partial charge is 0.348 e. The lowest BCUT2D eigenvalue weighted by Gasteiger charge is -2.15. The summed E-state index contributed by atoms with van der Waals surface area (Å²) in [6.07, 6.45) is 4.67. The van der Waals surface area contributed by atoms with Crippen molar-refractivity contribution in [3.8, 4) is 0 Å². The molecule has 2 aromatic rings. The first kappa shape index (κ1) is 18.0. The Hall–Kier alpha value is -1.78. The van der Waals surface area contributed by atoms with Crippen LogP contribution in [-0.4, -0.2) is 30.2 Å². The van der Waals surface area contributed by atoms with Gasteiger partial charge in [-0.1, -0.05) is 30.3 Å². The Balaban J connectivity index is 1.56. The van der Waals surface area contributed by atoms with Crippen molar-refractivity contribution in [1.29, 1.82) is 0 Å². The number of rotatable bonds is 6. The second-order valence-corrected chi connectivity index (χ2v) is 7.54. The molecule has 4 heteroatoms. The number of amides is 1. The molecule has 0 radical (unpaired) electrons. The number of hydrogen-bond donors (Lipinski definition) is 1. The summed E-state index contributed by atoms with van der Waals surface area (Å²) in [5.41, 5.74) is 4.26. The number of nitrogens with zero attached hydrogens (tertiary/aromatic N) is 1. The smallest absolute Gasteiger partial charge is 0.251 e. The predicted molar refractivity (Wildman–Crippen MR) is 105 cm³/mol. The van der Waals surface area contributed by atoms with Gasteiger partial charge in [0.05, 0.1) is 0 Å². The highest BCUT2D eigenvalue weighted by Gasteiger charge is 2.12. The minimum absolute atomic E-state index is 0.00505. The molecule has 3 nitrogen and oxygen atoms in total. The maximum Gasteiger partial charge on any atom is 0.251 e. The summed E-state index contributed by atoms with van der Waals surface area (Å²) in [5.74, 6) is -0.00505. The van der Waals surface area contributed by atoms with Crippen molar-refractivity contribution in [1.82, 2.24) is 10.2 Å². The zero-order valence-electron chi connectivity index (χ0n) is 15.0. The van der Waals surface area contributed by atoms with Gasteiger partial charge in [-0.05, 0) is 67.9 Å². The van der Waals surface area contributed by atoms with Gasteiger partial charge >= 0.3 is 0 Å². The van der Waals surface area contributed by atoms with E-state index < -0.39 is 0 Å². The molecule has 2 aromatic carbocycles. The van der Waals surface area contributed by atoms with Gasteiger partial charge in [0.15, 0.2) is 0 Å². The van der Waals surface area contributed by atoms with Crippen molar-refractivity contribution in [3.05, 3.63) is 64.7 Å². The highest BCUT2D eigenvalue weighted by atomic mass is 32.2. The Morgan fingerprint density at radius 1 is 1.08 bits per heavy atom. The van der Waals surface area contributed by atoms with Crippen molar-refractivity contribution in [2.45, 2.75) is 37.8 Å². The number of carbonyl (C=O) groups is 1. The van der Waals surface area contributed by atoms with E-state index in [1.807, 2.05) is 25.3 Å². The fourth-order valence-corrected chi connectivity index (χ4v) is 3.65. The summed E-state index contributed by atoms with van der Waals surface area (Å²) in [6, 6.07) is 14.6. The van der Waals surface area contributed by atoms with Gasteiger partial charge < -0.3 is 5.32 Å². The van der Waals surface area contributed by atoms with Gasteiger partial charge in [-0.2, -0.15) is 0 Å². The van der Waals surface area contributed by atoms with Gasteiger partial charge in [-0.3, -0.25) is 9.69 Å². The van der Waals surface area contributed by atoms with Crippen LogP contribution in [0.4, 0.5) is 0 Å². The van der Waals surface area contributed by atoms with Crippen molar-refractivity contribution < 1.29 is 4.79 Å². The van der Waals surface area contributed by atoms with E-state index in [2.05, 4.69) is 40.5 Å². The van der Waals surface area contributed by atoms with Crippen LogP contribution in [0.25, 0.3) is 0 Å². The summed E-state index contributed by atoms with van der Waals surface area (Å²) in [4.78, 5) is 16.1. The number of benzene rings is 2. The molecule has 3 rings (SSSR count). The average molecular weight is 355 g/mol. The molecular weight excluding hydrogens is 328 g/mol. The van der Waals surface area contributed by atoms with Crippen LogP contribution in [0.5, 0.6) is 0 Å². The molecule has 1 aliphatic rings. The van der Waals surface area contributed by atoms with Gasteiger partial charge in [0.2, 0.25) is 0 Å². The second kappa shape index (κ2) is 8.54. The standard InChI is InChI=1S/C21H26N2OS/c1-16-5-10-19(25-2)13-20(16)21(24)22-14-17-6-8-18(9-7-17)15-23-11-3-4-12-23/h5-10,13H,3-4,11-12,14-15H2,1-2H3,(H,22,24). The molecule has 1 aliphatic heterocycles. The quantitative estimate of drug-likeness (QED) is 0.788. The zero-order chi connectivity index (χ0) is 17.6. The van der Waals surface area contributed by atoms with Crippen LogP contribution in [0.2, 0.25) is 0 Å². The first-order chi connectivity index (χ1) is 12.2. The van der Waals surface area contributed by atoms with Gasteiger partial charge in [0.1, 0.15) is 0 Å². The fraction of sp³-hybridized carbons (Fsp3) is 0.381. The molecule has 132 valence electrons. The van der Waals surface area contributed by atoms with Crippen LogP contribution < -0.4 is 5.32 Å². The maximum absolute atomic E-state index is 12.5. The molecule has 0 unspecified atom stereocenters. The lowest BCUT2D eigenvalue weighted by molar-refractivity contribution is 0.0950. The lowest BCUT2D eigenvalue weighted by Crippen LogP contribution is -2.23. The summed E-state index contributed by atoms with van der Waals surface area (Å²) < 4.78 is 0. The highest BCUT2D eigenvalue weighted by molar-refractivity contribution is 7.98. The number of thioether (sulfide) groups is 1. The number of aryl methyl sites for hydroxylation is 1. The Labute approximate surface area is 154 Å². The van der Waals surface area contributed by atoms with Crippen molar-refractivity contribution in [2.24, 2.45) is 0 Å². The predicted octanol–water partition coefficient (Wildman–Crippen LogP) is 4.24. The zero-order valence-corrected chi connectivity index (χ0v) is 15.9. The maximum atomic E-state index is 12.5. The molecule has 25 heavy (non-hydrogen) atoms. The first-order valence-corrected chi connectivity index (χ1v) is 10.1. The van der Waals surface area contributed by atoms with E-state index in [1.165, 1.54) is 31.5 Å². The SMILES string of the molecule is CSc1ccc(C)c(C(=O)NCc2ccc(CN3CCCC3)cc2)c1. The molecular formula is C21H26N2OS. The molecule has 1 amide bonds. The molecule has 0 aromatic heterocycles. The second-order valence-electron chi connectivity index (χ2n) is 6.66. The van der Waals surface area contributed by atoms with Crippen LogP contribution >= 0.6 is 11.8 Å². The van der Waals surface area contributed by atoms with Crippen molar-refractivity contribution in [3.63, 3.8) is 0 Å². The molecule has 0 saturated carbocycles. The van der Waals surface area contributed by atoms with E-state index in [0.717, 1.165) is 28.1 Å². The van der Waals surface area contributed by atoms with E-state index in [-0.39, 0.29) is 5.91 Å². The van der Waals surface area contributed by atoms with Crippen LogP contribution in [-0.2, 0) is 13.1 Å². The van der Waals surface area contributed by atoms with Crippen LogP contribution in [0.3, 0.4) is 0 Å². The third-order valence-corrected chi connectivity index (χ3v) is 5.50. The van der Waals surface area contributed by atoms with Crippen molar-refractivity contribution >= 4 is 17.7 Å². The Morgan fingerprint density at radius 3 is 2.44 bits per heavy atom. The molecule has 0 aliphatic carbocycles. The molecule has 1 fully saturated rings. The minimum Gasteiger partial charge on any atom is -0.348 e. The topological polar surface area (TPSA) is 32.3 Å². The molecule has 0 bridgehead atoms. The van der Waals surface area contributed by atoms with Crippen LogP contribution in [0, 0.1) is 6.92 Å². The molecule has 0 atom stereocenters. The number of hydrogen-bond acceptors (Lipinski definition) is 3. The van der Waals surface area contributed by atoms with Gasteiger partial charge in [0, 0.05) is 23.5 Å². The Bertz CT molecular complexity index is 721. The molecule has 0 spiro atoms. The van der Waals surface area contributed by atoms with Gasteiger partial charge in [-0.25, -0.2) is 0 Å². The monoisotopic (exact) mass is 354 g/mol. The lowest BCUT2D eigenvalue weighted by atomic mass is 10.1.